The van der Waals surface area contributed by atoms with Crippen molar-refractivity contribution in [1.29, 1.82) is 0 Å². The fourth-order valence-electron chi connectivity index (χ4n) is 3.34. The number of halogens is 1. The number of ether oxygens (including phenoxy) is 4. The van der Waals surface area contributed by atoms with Gasteiger partial charge in [-0.25, -0.2) is 18.5 Å². The van der Waals surface area contributed by atoms with E-state index in [9.17, 15) is 29.1 Å². The van der Waals surface area contributed by atoms with Gasteiger partial charge >= 0.3 is 23.6 Å². The molecule has 0 amide bonds. The number of hydrogen-bond acceptors (Lipinski definition) is 11. The maximum absolute atomic E-state index is 15.5. The Morgan fingerprint density at radius 1 is 1.17 bits per heavy atom. The number of aromatic nitrogens is 3. The Labute approximate surface area is 203 Å². The molecule has 14 heteroatoms. The molecule has 3 rings (SSSR count). The molecule has 3 heterocycles. The van der Waals surface area contributed by atoms with Gasteiger partial charge in [-0.1, -0.05) is 13.8 Å². The first kappa shape index (κ1) is 26.7. The van der Waals surface area contributed by atoms with E-state index in [-0.39, 0.29) is 18.4 Å². The summed E-state index contributed by atoms with van der Waals surface area (Å²) in [6.07, 6.45) is -2.08. The largest absolute Gasteiger partial charge is 0.453 e. The number of rotatable bonds is 9. The van der Waals surface area contributed by atoms with E-state index < -0.39 is 66.8 Å². The van der Waals surface area contributed by atoms with Crippen LogP contribution in [0.5, 0.6) is 0 Å². The molecule has 0 saturated carbocycles. The number of alkyl halides is 1. The SMILES string of the molecule is CCC(=O)O[C@H]1[C@H](n2ccc(=O)n(COC(=O)c3cccnc3)c2=O)O[C@](F)(CO)[C@H]1OC(=O)CC. The molecular formula is C22H24FN3O10. The quantitative estimate of drug-likeness (QED) is 0.359. The van der Waals surface area contributed by atoms with E-state index in [4.69, 9.17) is 18.9 Å². The molecule has 0 aromatic carbocycles. The minimum Gasteiger partial charge on any atom is -0.453 e. The molecule has 13 nitrogen and oxygen atoms in total. The van der Waals surface area contributed by atoms with Gasteiger partial charge in [0.2, 0.25) is 6.10 Å². The number of aliphatic hydroxyl groups is 1. The summed E-state index contributed by atoms with van der Waals surface area (Å²) in [5, 5.41) is 9.64. The van der Waals surface area contributed by atoms with E-state index in [0.717, 1.165) is 12.3 Å². The molecule has 2 aromatic rings. The Hall–Kier alpha value is -3.91. The Balaban J connectivity index is 1.98. The zero-order valence-corrected chi connectivity index (χ0v) is 19.4. The van der Waals surface area contributed by atoms with E-state index in [1.807, 2.05) is 0 Å². The Kier molecular flexibility index (Phi) is 8.32. The third kappa shape index (κ3) is 5.49. The van der Waals surface area contributed by atoms with Crippen LogP contribution in [0, 0.1) is 0 Å². The molecule has 0 spiro atoms. The van der Waals surface area contributed by atoms with Gasteiger partial charge in [0.25, 0.3) is 11.4 Å². The van der Waals surface area contributed by atoms with Crippen molar-refractivity contribution in [2.24, 2.45) is 0 Å². The Bertz CT molecular complexity index is 1230. The predicted molar refractivity (Wildman–Crippen MR) is 116 cm³/mol. The van der Waals surface area contributed by atoms with Crippen molar-refractivity contribution in [2.45, 2.75) is 57.7 Å². The number of pyridine rings is 1. The first-order chi connectivity index (χ1) is 17.1. The molecule has 194 valence electrons. The smallest absolute Gasteiger partial charge is 0.341 e. The van der Waals surface area contributed by atoms with Gasteiger partial charge in [0.05, 0.1) is 5.56 Å². The molecule has 2 aromatic heterocycles. The van der Waals surface area contributed by atoms with Crippen LogP contribution in [0.25, 0.3) is 0 Å². The van der Waals surface area contributed by atoms with Crippen LogP contribution in [0.3, 0.4) is 0 Å². The first-order valence-electron chi connectivity index (χ1n) is 10.9. The molecule has 0 aliphatic carbocycles. The summed E-state index contributed by atoms with van der Waals surface area (Å²) >= 11 is 0. The summed E-state index contributed by atoms with van der Waals surface area (Å²) in [5.41, 5.74) is -1.91. The van der Waals surface area contributed by atoms with Crippen LogP contribution < -0.4 is 11.2 Å². The van der Waals surface area contributed by atoms with Gasteiger partial charge < -0.3 is 24.1 Å². The fourth-order valence-corrected chi connectivity index (χ4v) is 3.34. The molecule has 1 aliphatic rings. The van der Waals surface area contributed by atoms with Crippen molar-refractivity contribution < 1.29 is 42.8 Å². The summed E-state index contributed by atoms with van der Waals surface area (Å²) in [7, 11) is 0. The lowest BCUT2D eigenvalue weighted by Gasteiger charge is -2.26. The highest BCUT2D eigenvalue weighted by molar-refractivity contribution is 5.88. The molecule has 1 saturated heterocycles. The number of esters is 3. The van der Waals surface area contributed by atoms with Crippen molar-refractivity contribution in [3.63, 3.8) is 0 Å². The van der Waals surface area contributed by atoms with Crippen LogP contribution >= 0.6 is 0 Å². The van der Waals surface area contributed by atoms with E-state index >= 15 is 4.39 Å². The number of carbonyl (C=O) groups excluding carboxylic acids is 3. The molecule has 0 radical (unpaired) electrons. The number of nitrogens with zero attached hydrogens (tertiary/aromatic N) is 3. The van der Waals surface area contributed by atoms with Gasteiger partial charge in [0.1, 0.15) is 6.61 Å². The number of carbonyl (C=O) groups is 3. The van der Waals surface area contributed by atoms with Gasteiger partial charge in [-0.3, -0.25) is 23.9 Å². The lowest BCUT2D eigenvalue weighted by Crippen LogP contribution is -2.47. The van der Waals surface area contributed by atoms with E-state index in [1.165, 1.54) is 38.4 Å². The molecule has 0 unspecified atom stereocenters. The van der Waals surface area contributed by atoms with Crippen LogP contribution in [-0.2, 0) is 35.3 Å². The van der Waals surface area contributed by atoms with Crippen LogP contribution in [-0.4, -0.2) is 61.8 Å². The zero-order chi connectivity index (χ0) is 26.5. The first-order valence-corrected chi connectivity index (χ1v) is 10.9. The summed E-state index contributed by atoms with van der Waals surface area (Å²) < 4.78 is 37.3. The minimum absolute atomic E-state index is 0.0678. The number of aliphatic hydroxyl groups excluding tert-OH is 1. The van der Waals surface area contributed by atoms with Crippen molar-refractivity contribution in [2.75, 3.05) is 6.61 Å². The Morgan fingerprint density at radius 3 is 2.47 bits per heavy atom. The van der Waals surface area contributed by atoms with Gasteiger partial charge in [0, 0.05) is 37.5 Å². The third-order valence-corrected chi connectivity index (χ3v) is 5.23. The average molecular weight is 509 g/mol. The lowest BCUT2D eigenvalue weighted by atomic mass is 10.1. The normalized spacial score (nSPS) is 23.2. The van der Waals surface area contributed by atoms with E-state index in [1.54, 1.807) is 0 Å². The van der Waals surface area contributed by atoms with Crippen molar-refractivity contribution >= 4 is 17.9 Å². The van der Waals surface area contributed by atoms with Crippen LogP contribution in [0.2, 0.25) is 0 Å². The van der Waals surface area contributed by atoms with Crippen LogP contribution in [0.4, 0.5) is 4.39 Å². The second-order valence-corrected chi connectivity index (χ2v) is 7.60. The maximum atomic E-state index is 15.5. The summed E-state index contributed by atoms with van der Waals surface area (Å²) in [4.78, 5) is 65.4. The summed E-state index contributed by atoms with van der Waals surface area (Å²) in [5.74, 6) is -5.62. The van der Waals surface area contributed by atoms with Gasteiger partial charge in [0.15, 0.2) is 19.1 Å². The molecule has 0 bridgehead atoms. The highest BCUT2D eigenvalue weighted by Crippen LogP contribution is 2.41. The monoisotopic (exact) mass is 509 g/mol. The topological polar surface area (TPSA) is 165 Å². The second kappa shape index (κ2) is 11.2. The van der Waals surface area contributed by atoms with Crippen molar-refractivity contribution in [3.8, 4) is 0 Å². The van der Waals surface area contributed by atoms with Crippen LogP contribution in [0.15, 0.2) is 46.4 Å². The van der Waals surface area contributed by atoms with E-state index in [2.05, 4.69) is 4.98 Å². The third-order valence-electron chi connectivity index (χ3n) is 5.23. The summed E-state index contributed by atoms with van der Waals surface area (Å²) in [6, 6.07) is 3.80. The van der Waals surface area contributed by atoms with Gasteiger partial charge in [-0.15, -0.1) is 0 Å². The molecule has 4 atom stereocenters. The van der Waals surface area contributed by atoms with Crippen molar-refractivity contribution in [3.05, 3.63) is 63.2 Å². The average Bonchev–Trinajstić information content (AvgIpc) is 3.15. The van der Waals surface area contributed by atoms with Crippen molar-refractivity contribution in [1.82, 2.24) is 14.1 Å². The highest BCUT2D eigenvalue weighted by atomic mass is 19.2. The zero-order valence-electron chi connectivity index (χ0n) is 19.4. The maximum Gasteiger partial charge on any atom is 0.341 e. The summed E-state index contributed by atoms with van der Waals surface area (Å²) in [6.45, 7) is 0.780. The fraction of sp³-hybridized carbons (Fsp3) is 0.455. The Morgan fingerprint density at radius 2 is 1.86 bits per heavy atom. The number of hydrogen-bond donors (Lipinski definition) is 1. The molecular weight excluding hydrogens is 485 g/mol. The molecule has 1 fully saturated rings. The van der Waals surface area contributed by atoms with Gasteiger partial charge in [-0.05, 0) is 12.1 Å². The van der Waals surface area contributed by atoms with Crippen LogP contribution in [0.1, 0.15) is 43.3 Å². The van der Waals surface area contributed by atoms with Gasteiger partial charge in [-0.2, -0.15) is 0 Å². The lowest BCUT2D eigenvalue weighted by molar-refractivity contribution is -0.217. The molecule has 1 N–H and O–H groups in total. The van der Waals surface area contributed by atoms with E-state index in [0.29, 0.717) is 9.13 Å². The highest BCUT2D eigenvalue weighted by Gasteiger charge is 2.61. The standard InChI is InChI=1S/C22H24FN3O10/c1-3-15(29)34-17-18(35-16(30)4-2)22(23,11-27)36-19(17)25-9-7-14(28)26(21(25)32)12-33-20(31)13-6-5-8-24-10-13/h5-10,17-19,27H,3-4,11-12H2,1-2H3/t17-,18+,19-,22-/m1/s1. The second-order valence-electron chi connectivity index (χ2n) is 7.60. The minimum atomic E-state index is -3.04. The molecule has 1 aliphatic heterocycles. The predicted octanol–water partition coefficient (Wildman–Crippen LogP) is 0.0500. The molecule has 36 heavy (non-hydrogen) atoms.